The third-order valence-electron chi connectivity index (χ3n) is 4.94. The fourth-order valence-corrected chi connectivity index (χ4v) is 3.38. The molecule has 2 aromatic carbocycles. The zero-order valence-electron chi connectivity index (χ0n) is 16.0. The summed E-state index contributed by atoms with van der Waals surface area (Å²) in [5.41, 5.74) is 1.71. The standard InChI is InChI=1S/C23H22N4O2/c28-22(25-20-9-2-1-3-10-20)18-7-6-8-19(17-18)23(29)27-15-13-26(14-16-27)21-11-4-5-12-24-21/h1-12,17H,13-16H2,(H,25,28). The van der Waals surface area contributed by atoms with Gasteiger partial charge in [0.15, 0.2) is 0 Å². The van der Waals surface area contributed by atoms with Crippen LogP contribution in [0, 0.1) is 0 Å². The zero-order valence-corrected chi connectivity index (χ0v) is 16.0. The number of carbonyl (C=O) groups is 2. The van der Waals surface area contributed by atoms with Gasteiger partial charge >= 0.3 is 0 Å². The predicted molar refractivity (Wildman–Crippen MR) is 113 cm³/mol. The molecule has 1 aliphatic rings. The van der Waals surface area contributed by atoms with Crippen molar-refractivity contribution in [1.29, 1.82) is 0 Å². The fourth-order valence-electron chi connectivity index (χ4n) is 3.38. The van der Waals surface area contributed by atoms with Crippen LogP contribution in [-0.2, 0) is 0 Å². The summed E-state index contributed by atoms with van der Waals surface area (Å²) < 4.78 is 0. The van der Waals surface area contributed by atoms with Gasteiger partial charge in [0.25, 0.3) is 11.8 Å². The van der Waals surface area contributed by atoms with Crippen LogP contribution >= 0.6 is 0 Å². The summed E-state index contributed by atoms with van der Waals surface area (Å²) in [6.45, 7) is 2.71. The average Bonchev–Trinajstić information content (AvgIpc) is 2.80. The van der Waals surface area contributed by atoms with E-state index in [9.17, 15) is 9.59 Å². The third kappa shape index (κ3) is 4.43. The number of piperazine rings is 1. The number of pyridine rings is 1. The second-order valence-electron chi connectivity index (χ2n) is 6.87. The molecule has 4 rings (SSSR count). The third-order valence-corrected chi connectivity index (χ3v) is 4.94. The summed E-state index contributed by atoms with van der Waals surface area (Å²) in [7, 11) is 0. The van der Waals surface area contributed by atoms with E-state index in [1.807, 2.05) is 53.4 Å². The van der Waals surface area contributed by atoms with Crippen molar-refractivity contribution in [3.8, 4) is 0 Å². The van der Waals surface area contributed by atoms with Crippen molar-refractivity contribution in [2.45, 2.75) is 0 Å². The molecular formula is C23H22N4O2. The first kappa shape index (κ1) is 18.7. The lowest BCUT2D eigenvalue weighted by Crippen LogP contribution is -2.49. The summed E-state index contributed by atoms with van der Waals surface area (Å²) in [5, 5.41) is 2.85. The smallest absolute Gasteiger partial charge is 0.255 e. The van der Waals surface area contributed by atoms with Crippen molar-refractivity contribution in [3.05, 3.63) is 90.1 Å². The van der Waals surface area contributed by atoms with E-state index in [4.69, 9.17) is 0 Å². The predicted octanol–water partition coefficient (Wildman–Crippen LogP) is 3.30. The number of para-hydroxylation sites is 1. The number of amides is 2. The van der Waals surface area contributed by atoms with Crippen LogP contribution in [0.2, 0.25) is 0 Å². The van der Waals surface area contributed by atoms with Gasteiger partial charge < -0.3 is 15.1 Å². The summed E-state index contributed by atoms with van der Waals surface area (Å²) >= 11 is 0. The van der Waals surface area contributed by atoms with E-state index >= 15 is 0 Å². The van der Waals surface area contributed by atoms with Crippen LogP contribution in [0.5, 0.6) is 0 Å². The Hall–Kier alpha value is -3.67. The summed E-state index contributed by atoms with van der Waals surface area (Å²) in [6.07, 6.45) is 1.78. The van der Waals surface area contributed by atoms with E-state index in [0.29, 0.717) is 24.2 Å². The molecule has 2 amide bonds. The monoisotopic (exact) mass is 386 g/mol. The lowest BCUT2D eigenvalue weighted by Gasteiger charge is -2.35. The number of carbonyl (C=O) groups excluding carboxylic acids is 2. The van der Waals surface area contributed by atoms with Gasteiger partial charge in [-0.05, 0) is 42.5 Å². The number of aromatic nitrogens is 1. The molecule has 0 unspecified atom stereocenters. The van der Waals surface area contributed by atoms with Crippen molar-refractivity contribution in [1.82, 2.24) is 9.88 Å². The van der Waals surface area contributed by atoms with E-state index in [0.717, 1.165) is 24.6 Å². The average molecular weight is 386 g/mol. The molecule has 0 atom stereocenters. The molecule has 1 aromatic heterocycles. The number of hydrogen-bond donors (Lipinski definition) is 1. The molecule has 0 saturated carbocycles. The molecule has 0 spiro atoms. The highest BCUT2D eigenvalue weighted by Crippen LogP contribution is 2.16. The lowest BCUT2D eigenvalue weighted by atomic mass is 10.1. The first-order valence-corrected chi connectivity index (χ1v) is 9.62. The topological polar surface area (TPSA) is 65.5 Å². The fraction of sp³-hybridized carbons (Fsp3) is 0.174. The maximum absolute atomic E-state index is 12.9. The molecule has 146 valence electrons. The number of nitrogens with one attached hydrogen (secondary N) is 1. The maximum atomic E-state index is 12.9. The Bertz CT molecular complexity index is 984. The van der Waals surface area contributed by atoms with Crippen molar-refractivity contribution in [2.75, 3.05) is 36.4 Å². The number of hydrogen-bond acceptors (Lipinski definition) is 4. The van der Waals surface area contributed by atoms with Crippen LogP contribution < -0.4 is 10.2 Å². The molecule has 3 aromatic rings. The van der Waals surface area contributed by atoms with Gasteiger partial charge in [0.1, 0.15) is 5.82 Å². The molecule has 1 fully saturated rings. The van der Waals surface area contributed by atoms with Crippen LogP contribution in [0.25, 0.3) is 0 Å². The SMILES string of the molecule is O=C(Nc1ccccc1)c1cccc(C(=O)N2CCN(c3ccccn3)CC2)c1. The molecular weight excluding hydrogens is 364 g/mol. The highest BCUT2D eigenvalue weighted by molar-refractivity contribution is 6.06. The Labute approximate surface area is 169 Å². The molecule has 1 aliphatic heterocycles. The van der Waals surface area contributed by atoms with Crippen molar-refractivity contribution in [2.24, 2.45) is 0 Å². The Balaban J connectivity index is 1.40. The van der Waals surface area contributed by atoms with Crippen molar-refractivity contribution >= 4 is 23.3 Å². The first-order valence-electron chi connectivity index (χ1n) is 9.62. The Morgan fingerprint density at radius 1 is 0.793 bits per heavy atom. The molecule has 6 heteroatoms. The lowest BCUT2D eigenvalue weighted by molar-refractivity contribution is 0.0746. The van der Waals surface area contributed by atoms with Crippen molar-refractivity contribution in [3.63, 3.8) is 0 Å². The second kappa shape index (κ2) is 8.56. The molecule has 29 heavy (non-hydrogen) atoms. The molecule has 0 bridgehead atoms. The largest absolute Gasteiger partial charge is 0.353 e. The minimum Gasteiger partial charge on any atom is -0.353 e. The molecule has 6 nitrogen and oxygen atoms in total. The second-order valence-corrected chi connectivity index (χ2v) is 6.87. The summed E-state index contributed by atoms with van der Waals surface area (Å²) in [4.78, 5) is 33.8. The Morgan fingerprint density at radius 2 is 1.52 bits per heavy atom. The number of benzene rings is 2. The van der Waals surface area contributed by atoms with E-state index < -0.39 is 0 Å². The van der Waals surface area contributed by atoms with Gasteiger partial charge in [-0.15, -0.1) is 0 Å². The van der Waals surface area contributed by atoms with Gasteiger partial charge in [-0.2, -0.15) is 0 Å². The van der Waals surface area contributed by atoms with E-state index in [2.05, 4.69) is 15.2 Å². The molecule has 1 saturated heterocycles. The van der Waals surface area contributed by atoms with Gasteiger partial charge in [0.2, 0.25) is 0 Å². The molecule has 0 aliphatic carbocycles. The summed E-state index contributed by atoms with van der Waals surface area (Å²) in [6, 6.07) is 22.0. The highest BCUT2D eigenvalue weighted by atomic mass is 16.2. The molecule has 2 heterocycles. The van der Waals surface area contributed by atoms with Crippen LogP contribution in [0.3, 0.4) is 0 Å². The van der Waals surface area contributed by atoms with Gasteiger partial charge in [-0.1, -0.05) is 30.3 Å². The van der Waals surface area contributed by atoms with Crippen LogP contribution in [0.1, 0.15) is 20.7 Å². The van der Waals surface area contributed by atoms with Gasteiger partial charge in [0.05, 0.1) is 0 Å². The van der Waals surface area contributed by atoms with E-state index in [1.54, 1.807) is 30.5 Å². The normalized spacial score (nSPS) is 13.8. The Morgan fingerprint density at radius 3 is 2.24 bits per heavy atom. The first-order chi connectivity index (χ1) is 14.2. The number of rotatable bonds is 4. The highest BCUT2D eigenvalue weighted by Gasteiger charge is 2.23. The maximum Gasteiger partial charge on any atom is 0.255 e. The minimum absolute atomic E-state index is 0.0555. The quantitative estimate of drug-likeness (QED) is 0.747. The van der Waals surface area contributed by atoms with Gasteiger partial charge in [-0.3, -0.25) is 9.59 Å². The van der Waals surface area contributed by atoms with Crippen LogP contribution in [-0.4, -0.2) is 47.9 Å². The molecule has 1 N–H and O–H groups in total. The number of nitrogens with zero attached hydrogens (tertiary/aromatic N) is 3. The minimum atomic E-state index is -0.231. The van der Waals surface area contributed by atoms with Gasteiger partial charge in [0, 0.05) is 49.2 Å². The van der Waals surface area contributed by atoms with Gasteiger partial charge in [-0.25, -0.2) is 4.98 Å². The number of anilines is 2. The Kier molecular flexibility index (Phi) is 5.52. The molecule has 0 radical (unpaired) electrons. The van der Waals surface area contributed by atoms with Crippen molar-refractivity contribution < 1.29 is 9.59 Å². The van der Waals surface area contributed by atoms with E-state index in [1.165, 1.54) is 0 Å². The van der Waals surface area contributed by atoms with Crippen LogP contribution in [0.15, 0.2) is 79.0 Å². The summed E-state index contributed by atoms with van der Waals surface area (Å²) in [5.74, 6) is 0.644. The van der Waals surface area contributed by atoms with E-state index in [-0.39, 0.29) is 11.8 Å². The van der Waals surface area contributed by atoms with Crippen LogP contribution in [0.4, 0.5) is 11.5 Å². The zero-order chi connectivity index (χ0) is 20.1.